The number of hydrogen-bond donors (Lipinski definition) is 1. The molecule has 3 aromatic rings. The number of carbonyl (C=O) groups excluding carboxylic acids is 2. The van der Waals surface area contributed by atoms with Crippen molar-refractivity contribution in [1.29, 1.82) is 0 Å². The van der Waals surface area contributed by atoms with Crippen LogP contribution in [0, 0.1) is 0 Å². The van der Waals surface area contributed by atoms with E-state index in [1.54, 1.807) is 36.4 Å². The zero-order valence-electron chi connectivity index (χ0n) is 14.7. The number of nitrogens with one attached hydrogen (secondary N) is 1. The highest BCUT2D eigenvalue weighted by Gasteiger charge is 2.13. The molecule has 0 radical (unpaired) electrons. The second-order valence-corrected chi connectivity index (χ2v) is 6.33. The van der Waals surface area contributed by atoms with Crippen molar-refractivity contribution in [2.75, 3.05) is 5.32 Å². The van der Waals surface area contributed by atoms with Crippen molar-refractivity contribution in [3.63, 3.8) is 0 Å². The molecule has 0 aliphatic rings. The molecule has 0 unspecified atom stereocenters. The predicted molar refractivity (Wildman–Crippen MR) is 103 cm³/mol. The van der Waals surface area contributed by atoms with E-state index in [0.29, 0.717) is 34.1 Å². The first-order valence-electron chi connectivity index (χ1n) is 8.52. The van der Waals surface area contributed by atoms with Crippen molar-refractivity contribution in [3.05, 3.63) is 59.1 Å². The molecule has 1 amide bonds. The average Bonchev–Trinajstić information content (AvgIpc) is 3.11. The van der Waals surface area contributed by atoms with Gasteiger partial charge in [0.15, 0.2) is 5.78 Å². The van der Waals surface area contributed by atoms with E-state index in [4.69, 9.17) is 11.6 Å². The number of Topliss-reactive ketones (excluding diaryl/α,β-unsaturated/α-hetero) is 1. The van der Waals surface area contributed by atoms with Crippen LogP contribution in [0.3, 0.4) is 0 Å². The van der Waals surface area contributed by atoms with Crippen molar-refractivity contribution in [1.82, 2.24) is 20.2 Å². The summed E-state index contributed by atoms with van der Waals surface area (Å²) >= 11 is 6.13. The summed E-state index contributed by atoms with van der Waals surface area (Å²) < 4.78 is 0. The fourth-order valence-electron chi connectivity index (χ4n) is 2.47. The van der Waals surface area contributed by atoms with Gasteiger partial charge in [0, 0.05) is 23.2 Å². The van der Waals surface area contributed by atoms with Gasteiger partial charge in [-0.1, -0.05) is 30.7 Å². The Hall–Kier alpha value is -3.06. The van der Waals surface area contributed by atoms with Crippen LogP contribution in [0.1, 0.15) is 30.1 Å². The minimum atomic E-state index is -0.162. The molecule has 0 saturated heterocycles. The van der Waals surface area contributed by atoms with Crippen LogP contribution in [0.2, 0.25) is 5.02 Å². The van der Waals surface area contributed by atoms with Gasteiger partial charge in [-0.3, -0.25) is 9.59 Å². The number of rotatable bonds is 7. The zero-order valence-corrected chi connectivity index (χ0v) is 15.5. The Morgan fingerprint density at radius 2 is 1.85 bits per heavy atom. The van der Waals surface area contributed by atoms with Crippen LogP contribution < -0.4 is 5.32 Å². The Balaban J connectivity index is 1.66. The van der Waals surface area contributed by atoms with Gasteiger partial charge >= 0.3 is 0 Å². The minimum Gasteiger partial charge on any atom is -0.326 e. The third kappa shape index (κ3) is 4.77. The monoisotopic (exact) mass is 383 g/mol. The summed E-state index contributed by atoms with van der Waals surface area (Å²) in [6, 6.07) is 13.9. The van der Waals surface area contributed by atoms with Crippen molar-refractivity contribution in [3.8, 4) is 11.4 Å². The van der Waals surface area contributed by atoms with Crippen molar-refractivity contribution >= 4 is 29.0 Å². The Morgan fingerprint density at radius 3 is 2.56 bits per heavy atom. The summed E-state index contributed by atoms with van der Waals surface area (Å²) in [6.45, 7) is 1.90. The maximum Gasteiger partial charge on any atom is 0.224 e. The highest BCUT2D eigenvalue weighted by molar-refractivity contribution is 6.33. The van der Waals surface area contributed by atoms with Gasteiger partial charge < -0.3 is 5.32 Å². The Kier molecular flexibility index (Phi) is 5.93. The highest BCUT2D eigenvalue weighted by Crippen LogP contribution is 2.23. The standard InChI is InChI=1S/C19H18ClN5O2/c1-2-5-18(27)21-14-10-8-13(9-11-14)17(26)12-25-23-19(22-24-25)15-6-3-4-7-16(15)20/h3-4,6-11H,2,5,12H2,1H3,(H,21,27). The molecule has 138 valence electrons. The van der Waals surface area contributed by atoms with E-state index < -0.39 is 0 Å². The second-order valence-electron chi connectivity index (χ2n) is 5.92. The maximum absolute atomic E-state index is 12.4. The average molecular weight is 384 g/mol. The molecular formula is C19H18ClN5O2. The third-order valence-electron chi connectivity index (χ3n) is 3.82. The number of carbonyl (C=O) groups is 2. The normalized spacial score (nSPS) is 10.6. The van der Waals surface area contributed by atoms with Gasteiger partial charge in [-0.2, -0.15) is 4.80 Å². The van der Waals surface area contributed by atoms with E-state index in [1.807, 2.05) is 19.1 Å². The molecule has 2 aromatic carbocycles. The van der Waals surface area contributed by atoms with Gasteiger partial charge in [0.25, 0.3) is 0 Å². The van der Waals surface area contributed by atoms with Crippen LogP contribution in [0.5, 0.6) is 0 Å². The molecule has 8 heteroatoms. The van der Waals surface area contributed by atoms with E-state index in [-0.39, 0.29) is 18.2 Å². The molecule has 3 rings (SSSR count). The minimum absolute atomic E-state index is 0.0427. The van der Waals surface area contributed by atoms with E-state index in [1.165, 1.54) is 4.80 Å². The van der Waals surface area contributed by atoms with Crippen molar-refractivity contribution in [2.24, 2.45) is 0 Å². The zero-order chi connectivity index (χ0) is 19.2. The molecular weight excluding hydrogens is 366 g/mol. The lowest BCUT2D eigenvalue weighted by Gasteiger charge is -2.05. The van der Waals surface area contributed by atoms with Crippen LogP contribution >= 0.6 is 11.6 Å². The molecule has 0 spiro atoms. The molecule has 7 nitrogen and oxygen atoms in total. The predicted octanol–water partition coefficient (Wildman–Crippen LogP) is 3.62. The molecule has 0 atom stereocenters. The van der Waals surface area contributed by atoms with E-state index >= 15 is 0 Å². The molecule has 0 aliphatic heterocycles. The van der Waals surface area contributed by atoms with Gasteiger partial charge in [0.2, 0.25) is 11.7 Å². The maximum atomic E-state index is 12.4. The number of amides is 1. The lowest BCUT2D eigenvalue weighted by molar-refractivity contribution is -0.116. The molecule has 0 bridgehead atoms. The third-order valence-corrected chi connectivity index (χ3v) is 4.15. The van der Waals surface area contributed by atoms with E-state index in [2.05, 4.69) is 20.7 Å². The lowest BCUT2D eigenvalue weighted by Crippen LogP contribution is -2.14. The number of ketones is 1. The summed E-state index contributed by atoms with van der Waals surface area (Å²) in [6.07, 6.45) is 1.25. The fourth-order valence-corrected chi connectivity index (χ4v) is 2.69. The number of nitrogens with zero attached hydrogens (tertiary/aromatic N) is 4. The van der Waals surface area contributed by atoms with Gasteiger partial charge in [-0.15, -0.1) is 10.2 Å². The Bertz CT molecular complexity index is 953. The summed E-state index contributed by atoms with van der Waals surface area (Å²) in [4.78, 5) is 25.3. The first kappa shape index (κ1) is 18.7. The number of aromatic nitrogens is 4. The Labute approximate surface area is 161 Å². The SMILES string of the molecule is CCCC(=O)Nc1ccc(C(=O)Cn2nnc(-c3ccccc3Cl)n2)cc1. The van der Waals surface area contributed by atoms with Crippen LogP contribution in [0.4, 0.5) is 5.69 Å². The largest absolute Gasteiger partial charge is 0.326 e. The van der Waals surface area contributed by atoms with Gasteiger partial charge in [-0.25, -0.2) is 0 Å². The topological polar surface area (TPSA) is 89.8 Å². The van der Waals surface area contributed by atoms with Gasteiger partial charge in [-0.05, 0) is 48.0 Å². The Morgan fingerprint density at radius 1 is 1.11 bits per heavy atom. The van der Waals surface area contributed by atoms with Crippen LogP contribution in [0.15, 0.2) is 48.5 Å². The van der Waals surface area contributed by atoms with Gasteiger partial charge in [0.05, 0.1) is 5.02 Å². The number of benzene rings is 2. The van der Waals surface area contributed by atoms with Crippen LogP contribution in [-0.4, -0.2) is 31.9 Å². The lowest BCUT2D eigenvalue weighted by atomic mass is 10.1. The van der Waals surface area contributed by atoms with Gasteiger partial charge in [0.1, 0.15) is 6.54 Å². The summed E-state index contributed by atoms with van der Waals surface area (Å²) in [7, 11) is 0. The van der Waals surface area contributed by atoms with Crippen LogP contribution in [0.25, 0.3) is 11.4 Å². The fraction of sp³-hybridized carbons (Fsp3) is 0.211. The number of anilines is 1. The van der Waals surface area contributed by atoms with Crippen molar-refractivity contribution < 1.29 is 9.59 Å². The molecule has 0 saturated carbocycles. The quantitative estimate of drug-likeness (QED) is 0.629. The molecule has 1 heterocycles. The second kappa shape index (κ2) is 8.55. The molecule has 0 fully saturated rings. The highest BCUT2D eigenvalue weighted by atomic mass is 35.5. The summed E-state index contributed by atoms with van der Waals surface area (Å²) in [5, 5.41) is 15.4. The molecule has 1 N–H and O–H groups in total. The number of hydrogen-bond acceptors (Lipinski definition) is 5. The molecule has 27 heavy (non-hydrogen) atoms. The first-order chi connectivity index (χ1) is 13.1. The smallest absolute Gasteiger partial charge is 0.224 e. The van der Waals surface area contributed by atoms with Crippen molar-refractivity contribution in [2.45, 2.75) is 26.3 Å². The first-order valence-corrected chi connectivity index (χ1v) is 8.90. The number of halogens is 1. The molecule has 1 aromatic heterocycles. The summed E-state index contributed by atoms with van der Waals surface area (Å²) in [5.41, 5.74) is 1.81. The van der Waals surface area contributed by atoms with E-state index in [9.17, 15) is 9.59 Å². The van der Waals surface area contributed by atoms with Crippen LogP contribution in [-0.2, 0) is 11.3 Å². The summed E-state index contributed by atoms with van der Waals surface area (Å²) in [5.74, 6) is 0.155. The molecule has 0 aliphatic carbocycles. The number of tetrazole rings is 1. The van der Waals surface area contributed by atoms with E-state index in [0.717, 1.165) is 6.42 Å².